The van der Waals surface area contributed by atoms with Gasteiger partial charge in [-0.1, -0.05) is 54.6 Å². The van der Waals surface area contributed by atoms with E-state index in [0.29, 0.717) is 6.54 Å². The molecule has 4 heteroatoms. The molecule has 1 amide bonds. The van der Waals surface area contributed by atoms with E-state index in [4.69, 9.17) is 4.98 Å². The molecule has 4 nitrogen and oxygen atoms in total. The van der Waals surface area contributed by atoms with Crippen molar-refractivity contribution >= 4 is 23.0 Å². The van der Waals surface area contributed by atoms with Crippen LogP contribution in [0.2, 0.25) is 0 Å². The van der Waals surface area contributed by atoms with Crippen molar-refractivity contribution in [3.05, 3.63) is 84.2 Å². The Hall–Kier alpha value is -3.14. The first-order chi connectivity index (χ1) is 12.5. The van der Waals surface area contributed by atoms with Gasteiger partial charge in [-0.05, 0) is 37.6 Å². The Morgan fingerprint density at radius 3 is 2.62 bits per heavy atom. The number of aromatic nitrogens is 2. The number of hydrogen-bond acceptors (Lipinski definition) is 2. The smallest absolute Gasteiger partial charge is 0.244 e. The number of allylic oxidation sites excluding steroid dienone is 1. The first-order valence-corrected chi connectivity index (χ1v) is 8.68. The predicted octanol–water partition coefficient (Wildman–Crippen LogP) is 4.50. The van der Waals surface area contributed by atoms with Crippen LogP contribution in [-0.4, -0.2) is 15.5 Å². The van der Waals surface area contributed by atoms with E-state index in [1.807, 2.05) is 68.4 Å². The lowest BCUT2D eigenvalue weighted by Gasteiger charge is -2.15. The molecule has 0 aliphatic rings. The molecule has 1 N–H and O–H groups in total. The number of carbonyl (C=O) groups is 1. The van der Waals surface area contributed by atoms with Crippen molar-refractivity contribution in [1.82, 2.24) is 14.9 Å². The zero-order valence-electron chi connectivity index (χ0n) is 15.1. The molecule has 1 unspecified atom stereocenters. The van der Waals surface area contributed by atoms with Gasteiger partial charge >= 0.3 is 0 Å². The standard InChI is InChI=1S/C22H23N3O/c1-16(2)15-25-20-12-8-7-11-19(20)24-22(25)17(3)23-21(26)14-13-18-9-5-4-6-10-18/h4-14,17H,1,15H2,2-3H3,(H,23,26)/b14-13-. The molecular formula is C22H23N3O. The van der Waals surface area contributed by atoms with Crippen molar-refractivity contribution < 1.29 is 4.79 Å². The molecule has 3 rings (SSSR count). The summed E-state index contributed by atoms with van der Waals surface area (Å²) in [6.07, 6.45) is 3.36. The van der Waals surface area contributed by atoms with Gasteiger partial charge in [-0.2, -0.15) is 0 Å². The Morgan fingerprint density at radius 2 is 1.88 bits per heavy atom. The molecule has 0 saturated carbocycles. The third-order valence-electron chi connectivity index (χ3n) is 4.08. The van der Waals surface area contributed by atoms with Crippen molar-refractivity contribution in [1.29, 1.82) is 0 Å². The number of para-hydroxylation sites is 2. The summed E-state index contributed by atoms with van der Waals surface area (Å²) in [5.74, 6) is 0.686. The summed E-state index contributed by atoms with van der Waals surface area (Å²) in [7, 11) is 0. The Labute approximate surface area is 153 Å². The van der Waals surface area contributed by atoms with Gasteiger partial charge in [-0.3, -0.25) is 4.79 Å². The Balaban J connectivity index is 1.81. The summed E-state index contributed by atoms with van der Waals surface area (Å²) >= 11 is 0. The highest BCUT2D eigenvalue weighted by Gasteiger charge is 2.17. The molecule has 1 heterocycles. The van der Waals surface area contributed by atoms with Crippen LogP contribution < -0.4 is 5.32 Å². The number of benzene rings is 2. The second-order valence-electron chi connectivity index (χ2n) is 6.48. The second-order valence-corrected chi connectivity index (χ2v) is 6.48. The van der Waals surface area contributed by atoms with Gasteiger partial charge in [-0.15, -0.1) is 0 Å². The molecule has 3 aromatic rings. The van der Waals surface area contributed by atoms with Gasteiger partial charge in [0.15, 0.2) is 0 Å². The number of nitrogens with one attached hydrogen (secondary N) is 1. The van der Waals surface area contributed by atoms with Gasteiger partial charge in [0.1, 0.15) is 5.82 Å². The number of rotatable bonds is 6. The average Bonchev–Trinajstić information content (AvgIpc) is 2.99. The van der Waals surface area contributed by atoms with Crippen LogP contribution >= 0.6 is 0 Å². The van der Waals surface area contributed by atoms with E-state index in [0.717, 1.165) is 28.0 Å². The minimum absolute atomic E-state index is 0.143. The molecule has 0 aliphatic heterocycles. The minimum atomic E-state index is -0.213. The Kier molecular flexibility index (Phi) is 5.32. The maximum atomic E-state index is 12.3. The molecule has 0 aliphatic carbocycles. The number of nitrogens with zero attached hydrogens (tertiary/aromatic N) is 2. The van der Waals surface area contributed by atoms with E-state index >= 15 is 0 Å². The van der Waals surface area contributed by atoms with Gasteiger partial charge in [0.25, 0.3) is 0 Å². The number of hydrogen-bond donors (Lipinski definition) is 1. The third-order valence-corrected chi connectivity index (χ3v) is 4.08. The number of imidazole rings is 1. The third kappa shape index (κ3) is 4.09. The highest BCUT2D eigenvalue weighted by atomic mass is 16.1. The first kappa shape index (κ1) is 17.7. The summed E-state index contributed by atoms with van der Waals surface area (Å²) in [4.78, 5) is 17.0. The van der Waals surface area contributed by atoms with Crippen molar-refractivity contribution in [2.45, 2.75) is 26.4 Å². The summed E-state index contributed by atoms with van der Waals surface area (Å²) in [5, 5.41) is 3.00. The van der Waals surface area contributed by atoms with Crippen LogP contribution in [-0.2, 0) is 11.3 Å². The van der Waals surface area contributed by atoms with E-state index in [2.05, 4.69) is 16.5 Å². The lowest BCUT2D eigenvalue weighted by atomic mass is 10.2. The zero-order chi connectivity index (χ0) is 18.5. The van der Waals surface area contributed by atoms with Crippen LogP contribution in [0.15, 0.2) is 72.8 Å². The molecule has 0 radical (unpaired) electrons. The molecule has 0 spiro atoms. The van der Waals surface area contributed by atoms with Gasteiger partial charge in [0, 0.05) is 12.6 Å². The molecular weight excluding hydrogens is 322 g/mol. The van der Waals surface area contributed by atoms with Crippen LogP contribution in [0.3, 0.4) is 0 Å². The van der Waals surface area contributed by atoms with E-state index in [1.54, 1.807) is 12.2 Å². The lowest BCUT2D eigenvalue weighted by molar-refractivity contribution is -0.117. The maximum absolute atomic E-state index is 12.3. The highest BCUT2D eigenvalue weighted by Crippen LogP contribution is 2.22. The highest BCUT2D eigenvalue weighted by molar-refractivity contribution is 5.92. The maximum Gasteiger partial charge on any atom is 0.244 e. The van der Waals surface area contributed by atoms with Crippen molar-refractivity contribution in [2.24, 2.45) is 0 Å². The minimum Gasteiger partial charge on any atom is -0.343 e. The largest absolute Gasteiger partial charge is 0.343 e. The van der Waals surface area contributed by atoms with Crippen LogP contribution in [0, 0.1) is 0 Å². The summed E-state index contributed by atoms with van der Waals surface area (Å²) < 4.78 is 2.11. The zero-order valence-corrected chi connectivity index (χ0v) is 15.1. The monoisotopic (exact) mass is 345 g/mol. The van der Waals surface area contributed by atoms with Gasteiger partial charge < -0.3 is 9.88 Å². The Bertz CT molecular complexity index is 954. The molecule has 0 fully saturated rings. The molecule has 132 valence electrons. The van der Waals surface area contributed by atoms with E-state index in [-0.39, 0.29) is 11.9 Å². The normalized spacial score (nSPS) is 12.4. The fourth-order valence-corrected chi connectivity index (χ4v) is 2.92. The molecule has 0 saturated heterocycles. The number of amides is 1. The fraction of sp³-hybridized carbons (Fsp3) is 0.182. The lowest BCUT2D eigenvalue weighted by Crippen LogP contribution is -2.27. The summed E-state index contributed by atoms with van der Waals surface area (Å²) in [5.41, 5.74) is 4.00. The van der Waals surface area contributed by atoms with Crippen molar-refractivity contribution in [2.75, 3.05) is 0 Å². The van der Waals surface area contributed by atoms with Crippen LogP contribution in [0.5, 0.6) is 0 Å². The quantitative estimate of drug-likeness (QED) is 0.528. The molecule has 1 aromatic heterocycles. The van der Waals surface area contributed by atoms with Gasteiger partial charge in [-0.25, -0.2) is 4.98 Å². The number of fused-ring (bicyclic) bond motifs is 1. The first-order valence-electron chi connectivity index (χ1n) is 8.68. The van der Waals surface area contributed by atoms with Crippen LogP contribution in [0.4, 0.5) is 0 Å². The molecule has 26 heavy (non-hydrogen) atoms. The second kappa shape index (κ2) is 7.83. The topological polar surface area (TPSA) is 46.9 Å². The Morgan fingerprint density at radius 1 is 1.19 bits per heavy atom. The molecule has 2 aromatic carbocycles. The summed E-state index contributed by atoms with van der Waals surface area (Å²) in [6, 6.07) is 17.5. The van der Waals surface area contributed by atoms with Crippen molar-refractivity contribution in [3.8, 4) is 0 Å². The van der Waals surface area contributed by atoms with E-state index in [1.165, 1.54) is 0 Å². The van der Waals surface area contributed by atoms with E-state index in [9.17, 15) is 4.79 Å². The summed E-state index contributed by atoms with van der Waals surface area (Å²) in [6.45, 7) is 8.63. The molecule has 1 atom stereocenters. The average molecular weight is 345 g/mol. The van der Waals surface area contributed by atoms with E-state index < -0.39 is 0 Å². The predicted molar refractivity (Wildman–Crippen MR) is 107 cm³/mol. The van der Waals surface area contributed by atoms with Crippen LogP contribution in [0.1, 0.15) is 31.3 Å². The van der Waals surface area contributed by atoms with Gasteiger partial charge in [0.05, 0.1) is 17.1 Å². The molecule has 0 bridgehead atoms. The van der Waals surface area contributed by atoms with Gasteiger partial charge in [0.2, 0.25) is 5.91 Å². The van der Waals surface area contributed by atoms with Crippen molar-refractivity contribution in [3.63, 3.8) is 0 Å². The van der Waals surface area contributed by atoms with Crippen LogP contribution in [0.25, 0.3) is 17.1 Å². The fourth-order valence-electron chi connectivity index (χ4n) is 2.92. The number of carbonyl (C=O) groups excluding carboxylic acids is 1. The SMILES string of the molecule is C=C(C)Cn1c(C(C)NC(=O)/C=C\c2ccccc2)nc2ccccc21.